The van der Waals surface area contributed by atoms with Gasteiger partial charge in [0.25, 0.3) is 0 Å². The molecule has 2 bridgehead atoms. The smallest absolute Gasteiger partial charge is 0.170 e. The molecule has 3 N–H and O–H groups in total. The van der Waals surface area contributed by atoms with Gasteiger partial charge in [0.2, 0.25) is 0 Å². The highest BCUT2D eigenvalue weighted by molar-refractivity contribution is 6.04. The summed E-state index contributed by atoms with van der Waals surface area (Å²) in [6.07, 6.45) is -0.363. The lowest BCUT2D eigenvalue weighted by Gasteiger charge is -2.38. The number of ether oxygens (including phenoxy) is 2. The van der Waals surface area contributed by atoms with Gasteiger partial charge in [-0.1, -0.05) is 0 Å². The Kier molecular flexibility index (Phi) is 2.61. The Morgan fingerprint density at radius 2 is 2.14 bits per heavy atom. The lowest BCUT2D eigenvalue weighted by molar-refractivity contribution is -0.104. The van der Waals surface area contributed by atoms with Crippen LogP contribution in [0.5, 0.6) is 17.2 Å². The van der Waals surface area contributed by atoms with Crippen molar-refractivity contribution in [2.45, 2.75) is 37.6 Å². The zero-order chi connectivity index (χ0) is 15.8. The molecule has 0 spiro atoms. The van der Waals surface area contributed by atoms with Gasteiger partial charge in [0.1, 0.15) is 5.75 Å². The molecule has 2 aliphatic carbocycles. The molecule has 1 saturated carbocycles. The number of phenols is 2. The topological polar surface area (TPSA) is 96.2 Å². The first-order chi connectivity index (χ1) is 10.4. The Labute approximate surface area is 127 Å². The van der Waals surface area contributed by atoms with Crippen LogP contribution in [-0.2, 0) is 4.74 Å². The van der Waals surface area contributed by atoms with Crippen LogP contribution in [-0.4, -0.2) is 39.9 Å². The second kappa shape index (κ2) is 4.14. The molecule has 1 aliphatic heterocycles. The Hall–Kier alpha value is -1.79. The summed E-state index contributed by atoms with van der Waals surface area (Å²) >= 11 is 0. The van der Waals surface area contributed by atoms with Crippen LogP contribution in [0.1, 0.15) is 41.8 Å². The van der Waals surface area contributed by atoms with Crippen molar-refractivity contribution in [3.63, 3.8) is 0 Å². The van der Waals surface area contributed by atoms with Crippen molar-refractivity contribution in [1.82, 2.24) is 0 Å². The highest BCUT2D eigenvalue weighted by Crippen LogP contribution is 2.61. The standard InChI is InChI=1S/C16H18O6/c1-16-5-7-6(3-10(16)18)13(19)11-8(17)4-9(21-2)14(20)12(11)15(7)22-16/h4,6-7,10,15,17-18,20H,3,5H2,1-2H3/t6-,7+,10+,15+,16-/m1/s1. The monoisotopic (exact) mass is 306 g/mol. The van der Waals surface area contributed by atoms with E-state index in [1.54, 1.807) is 0 Å². The second-order valence-electron chi connectivity index (χ2n) is 6.68. The van der Waals surface area contributed by atoms with Crippen LogP contribution < -0.4 is 4.74 Å². The predicted molar refractivity (Wildman–Crippen MR) is 75.1 cm³/mol. The number of methoxy groups -OCH3 is 1. The lowest BCUT2D eigenvalue weighted by atomic mass is 9.64. The summed E-state index contributed by atoms with van der Waals surface area (Å²) in [5.74, 6) is -0.992. The zero-order valence-corrected chi connectivity index (χ0v) is 12.4. The van der Waals surface area contributed by atoms with Gasteiger partial charge in [-0.2, -0.15) is 0 Å². The van der Waals surface area contributed by atoms with Crippen molar-refractivity contribution >= 4 is 5.78 Å². The number of ketones is 1. The molecule has 3 aliphatic rings. The third kappa shape index (κ3) is 1.49. The van der Waals surface area contributed by atoms with E-state index in [1.807, 2.05) is 6.92 Å². The van der Waals surface area contributed by atoms with Crippen molar-refractivity contribution in [2.24, 2.45) is 11.8 Å². The number of aromatic hydroxyl groups is 2. The molecular weight excluding hydrogens is 288 g/mol. The van der Waals surface area contributed by atoms with Crippen LogP contribution >= 0.6 is 0 Å². The number of aliphatic hydroxyl groups is 1. The van der Waals surface area contributed by atoms with Gasteiger partial charge in [-0.3, -0.25) is 4.79 Å². The van der Waals surface area contributed by atoms with Gasteiger partial charge in [0.15, 0.2) is 17.3 Å². The molecule has 6 heteroatoms. The summed E-state index contributed by atoms with van der Waals surface area (Å²) in [5, 5.41) is 31.0. The summed E-state index contributed by atoms with van der Waals surface area (Å²) in [6.45, 7) is 1.83. The van der Waals surface area contributed by atoms with E-state index in [0.29, 0.717) is 18.4 Å². The first-order valence-electron chi connectivity index (χ1n) is 7.40. The minimum Gasteiger partial charge on any atom is -0.507 e. The average Bonchev–Trinajstić information content (AvgIpc) is 2.80. The van der Waals surface area contributed by atoms with Gasteiger partial charge in [0, 0.05) is 23.5 Å². The minimum atomic E-state index is -0.733. The third-order valence-electron chi connectivity index (χ3n) is 5.49. The van der Waals surface area contributed by atoms with Gasteiger partial charge < -0.3 is 24.8 Å². The van der Waals surface area contributed by atoms with Gasteiger partial charge in [0.05, 0.1) is 30.5 Å². The zero-order valence-electron chi connectivity index (χ0n) is 12.4. The van der Waals surface area contributed by atoms with Crippen molar-refractivity contribution in [3.8, 4) is 17.2 Å². The van der Waals surface area contributed by atoms with Gasteiger partial charge in [-0.05, 0) is 19.8 Å². The fourth-order valence-electron chi connectivity index (χ4n) is 4.34. The molecule has 1 heterocycles. The summed E-state index contributed by atoms with van der Waals surface area (Å²) in [6, 6.07) is 1.24. The number of hydrogen-bond acceptors (Lipinski definition) is 6. The highest BCUT2D eigenvalue weighted by atomic mass is 16.5. The molecule has 4 rings (SSSR count). The maximum Gasteiger partial charge on any atom is 0.170 e. The van der Waals surface area contributed by atoms with E-state index in [1.165, 1.54) is 13.2 Å². The van der Waals surface area contributed by atoms with Crippen molar-refractivity contribution in [1.29, 1.82) is 0 Å². The highest BCUT2D eigenvalue weighted by Gasteiger charge is 2.61. The van der Waals surface area contributed by atoms with Crippen LogP contribution in [0.15, 0.2) is 6.07 Å². The van der Waals surface area contributed by atoms with Crippen LogP contribution in [0, 0.1) is 11.8 Å². The van der Waals surface area contributed by atoms with E-state index in [9.17, 15) is 20.1 Å². The fourth-order valence-corrected chi connectivity index (χ4v) is 4.34. The Bertz CT molecular complexity index is 684. The summed E-state index contributed by atoms with van der Waals surface area (Å²) < 4.78 is 11.1. The predicted octanol–water partition coefficient (Wildman–Crippen LogP) is 1.52. The quantitative estimate of drug-likeness (QED) is 0.681. The Morgan fingerprint density at radius 3 is 2.82 bits per heavy atom. The molecule has 6 nitrogen and oxygen atoms in total. The van der Waals surface area contributed by atoms with Crippen LogP contribution in [0.4, 0.5) is 0 Å². The third-order valence-corrected chi connectivity index (χ3v) is 5.49. The molecule has 22 heavy (non-hydrogen) atoms. The van der Waals surface area contributed by atoms with Crippen LogP contribution in [0.2, 0.25) is 0 Å². The molecule has 0 aromatic heterocycles. The van der Waals surface area contributed by atoms with Gasteiger partial charge >= 0.3 is 0 Å². The van der Waals surface area contributed by atoms with Gasteiger partial charge in [-0.15, -0.1) is 0 Å². The van der Waals surface area contributed by atoms with E-state index in [-0.39, 0.29) is 40.4 Å². The van der Waals surface area contributed by atoms with E-state index < -0.39 is 17.8 Å². The van der Waals surface area contributed by atoms with Crippen molar-refractivity contribution < 1.29 is 29.6 Å². The van der Waals surface area contributed by atoms with E-state index in [4.69, 9.17) is 9.47 Å². The fraction of sp³-hybridized carbons (Fsp3) is 0.562. The average molecular weight is 306 g/mol. The molecule has 5 atom stereocenters. The molecule has 118 valence electrons. The van der Waals surface area contributed by atoms with E-state index >= 15 is 0 Å². The number of phenolic OH excluding ortho intramolecular Hbond substituents is 2. The van der Waals surface area contributed by atoms with Crippen molar-refractivity contribution in [3.05, 3.63) is 17.2 Å². The largest absolute Gasteiger partial charge is 0.507 e. The number of rotatable bonds is 1. The number of fused-ring (bicyclic) bond motifs is 3. The van der Waals surface area contributed by atoms with Gasteiger partial charge in [-0.25, -0.2) is 0 Å². The van der Waals surface area contributed by atoms with Crippen LogP contribution in [0.3, 0.4) is 0 Å². The number of Topliss-reactive ketones (excluding diaryl/α,β-unsaturated/α-hetero) is 1. The summed E-state index contributed by atoms with van der Waals surface area (Å²) in [4.78, 5) is 12.8. The SMILES string of the molecule is COc1cc(O)c2c(c1O)[C@H]1O[C@]3(C)C[C@H]1[C@@H](C[C@@H]3O)C2=O. The maximum absolute atomic E-state index is 12.8. The normalized spacial score (nSPS) is 38.8. The molecule has 0 amide bonds. The van der Waals surface area contributed by atoms with Crippen molar-refractivity contribution in [2.75, 3.05) is 7.11 Å². The first-order valence-corrected chi connectivity index (χ1v) is 7.40. The molecule has 0 unspecified atom stereocenters. The summed E-state index contributed by atoms with van der Waals surface area (Å²) in [5.41, 5.74) is -0.331. The number of hydrogen-bond donors (Lipinski definition) is 3. The lowest BCUT2D eigenvalue weighted by Crippen LogP contribution is -2.45. The molecule has 1 aromatic rings. The number of benzene rings is 1. The molecule has 0 radical (unpaired) electrons. The number of aliphatic hydroxyl groups excluding tert-OH is 1. The summed E-state index contributed by atoms with van der Waals surface area (Å²) in [7, 11) is 1.38. The minimum absolute atomic E-state index is 0.0918. The number of carbonyl (C=O) groups is 1. The number of carbonyl (C=O) groups excluding carboxylic acids is 1. The molecule has 1 aromatic carbocycles. The molecule has 1 saturated heterocycles. The Balaban J connectivity index is 1.97. The Morgan fingerprint density at radius 1 is 1.41 bits per heavy atom. The second-order valence-corrected chi connectivity index (χ2v) is 6.68. The van der Waals surface area contributed by atoms with Crippen LogP contribution in [0.25, 0.3) is 0 Å². The first kappa shape index (κ1) is 13.8. The molecule has 2 fully saturated rings. The van der Waals surface area contributed by atoms with E-state index in [0.717, 1.165) is 0 Å². The van der Waals surface area contributed by atoms with E-state index in [2.05, 4.69) is 0 Å². The maximum atomic E-state index is 12.8. The molecular formula is C16H18O6.